The highest BCUT2D eigenvalue weighted by atomic mass is 16.5. The molecule has 1 spiro atoms. The molecule has 6 nitrogen and oxygen atoms in total. The topological polar surface area (TPSA) is 63.2 Å². The minimum atomic E-state index is -0.0266. The predicted octanol–water partition coefficient (Wildman–Crippen LogP) is 1.72. The van der Waals surface area contributed by atoms with Gasteiger partial charge in [0.15, 0.2) is 0 Å². The SMILES string of the molecule is c1ccc(CN2CC[C@]3(C[C@@H](Nc4ncccn4)CO3)C2)nc1. The van der Waals surface area contributed by atoms with Crippen molar-refractivity contribution in [3.63, 3.8) is 0 Å². The highest BCUT2D eigenvalue weighted by Gasteiger charge is 2.45. The highest BCUT2D eigenvalue weighted by Crippen LogP contribution is 2.36. The Hall–Kier alpha value is -2.05. The molecule has 0 amide bonds. The number of likely N-dealkylation sites (tertiary alicyclic amines) is 1. The Bertz CT molecular complexity index is 578. The van der Waals surface area contributed by atoms with E-state index in [4.69, 9.17) is 4.74 Å². The third-order valence-corrected chi connectivity index (χ3v) is 4.62. The number of nitrogens with zero attached hydrogens (tertiary/aromatic N) is 4. The summed E-state index contributed by atoms with van der Waals surface area (Å²) in [5, 5.41) is 3.38. The lowest BCUT2D eigenvalue weighted by Gasteiger charge is -2.23. The molecule has 0 radical (unpaired) electrons. The molecule has 1 N–H and O–H groups in total. The summed E-state index contributed by atoms with van der Waals surface area (Å²) in [6.07, 6.45) is 7.45. The van der Waals surface area contributed by atoms with Gasteiger partial charge in [-0.15, -0.1) is 0 Å². The fourth-order valence-corrected chi connectivity index (χ4v) is 3.56. The van der Waals surface area contributed by atoms with Crippen molar-refractivity contribution in [1.29, 1.82) is 0 Å². The van der Waals surface area contributed by atoms with E-state index in [2.05, 4.69) is 31.2 Å². The third-order valence-electron chi connectivity index (χ3n) is 4.62. The number of hydrogen-bond acceptors (Lipinski definition) is 6. The fraction of sp³-hybridized carbons (Fsp3) is 0.471. The zero-order chi connectivity index (χ0) is 15.5. The van der Waals surface area contributed by atoms with Crippen LogP contribution in [0.1, 0.15) is 18.5 Å². The summed E-state index contributed by atoms with van der Waals surface area (Å²) in [6, 6.07) is 8.19. The van der Waals surface area contributed by atoms with E-state index in [9.17, 15) is 0 Å². The van der Waals surface area contributed by atoms with Crippen LogP contribution in [0.25, 0.3) is 0 Å². The van der Waals surface area contributed by atoms with Crippen molar-refractivity contribution in [2.45, 2.75) is 31.0 Å². The Labute approximate surface area is 135 Å². The van der Waals surface area contributed by atoms with Crippen molar-refractivity contribution in [2.75, 3.05) is 25.0 Å². The van der Waals surface area contributed by atoms with Gasteiger partial charge in [0.1, 0.15) is 0 Å². The summed E-state index contributed by atoms with van der Waals surface area (Å²) in [5.41, 5.74) is 1.09. The Morgan fingerprint density at radius 3 is 2.87 bits per heavy atom. The van der Waals surface area contributed by atoms with E-state index < -0.39 is 0 Å². The van der Waals surface area contributed by atoms with E-state index >= 15 is 0 Å². The van der Waals surface area contributed by atoms with Gasteiger partial charge in [0.25, 0.3) is 0 Å². The first-order valence-corrected chi connectivity index (χ1v) is 8.11. The van der Waals surface area contributed by atoms with Crippen LogP contribution >= 0.6 is 0 Å². The van der Waals surface area contributed by atoms with Gasteiger partial charge in [-0.05, 0) is 24.6 Å². The molecule has 4 rings (SSSR count). The van der Waals surface area contributed by atoms with Crippen molar-refractivity contribution in [2.24, 2.45) is 0 Å². The largest absolute Gasteiger partial charge is 0.371 e. The second kappa shape index (κ2) is 6.22. The smallest absolute Gasteiger partial charge is 0.222 e. The minimum Gasteiger partial charge on any atom is -0.371 e. The monoisotopic (exact) mass is 311 g/mol. The van der Waals surface area contributed by atoms with Crippen LogP contribution < -0.4 is 5.32 Å². The molecule has 0 unspecified atom stereocenters. The maximum Gasteiger partial charge on any atom is 0.222 e. The first kappa shape index (κ1) is 14.5. The van der Waals surface area contributed by atoms with E-state index in [-0.39, 0.29) is 11.6 Å². The van der Waals surface area contributed by atoms with E-state index in [1.807, 2.05) is 24.4 Å². The van der Waals surface area contributed by atoms with Crippen LogP contribution in [0.5, 0.6) is 0 Å². The molecule has 2 fully saturated rings. The van der Waals surface area contributed by atoms with Crippen LogP contribution in [0.3, 0.4) is 0 Å². The number of ether oxygens (including phenoxy) is 1. The second-order valence-corrected chi connectivity index (χ2v) is 6.39. The first-order chi connectivity index (χ1) is 11.3. The van der Waals surface area contributed by atoms with Gasteiger partial charge in [-0.25, -0.2) is 9.97 Å². The predicted molar refractivity (Wildman–Crippen MR) is 86.9 cm³/mol. The number of anilines is 1. The van der Waals surface area contributed by atoms with E-state index in [1.54, 1.807) is 12.4 Å². The molecule has 2 aliphatic heterocycles. The summed E-state index contributed by atoms with van der Waals surface area (Å²) in [7, 11) is 0. The molecule has 2 aromatic heterocycles. The highest BCUT2D eigenvalue weighted by molar-refractivity contribution is 5.25. The molecule has 2 aromatic rings. The van der Waals surface area contributed by atoms with Crippen molar-refractivity contribution in [3.05, 3.63) is 48.5 Å². The summed E-state index contributed by atoms with van der Waals surface area (Å²) >= 11 is 0. The molecule has 4 heterocycles. The molecule has 0 aromatic carbocycles. The van der Waals surface area contributed by atoms with Crippen LogP contribution in [-0.2, 0) is 11.3 Å². The lowest BCUT2D eigenvalue weighted by molar-refractivity contribution is 0.0119. The van der Waals surface area contributed by atoms with Crippen molar-refractivity contribution >= 4 is 5.95 Å². The standard InChI is InChI=1S/C17H21N5O/c1-2-6-18-14(4-1)11-22-9-5-17(13-22)10-15(12-23-17)21-16-19-7-3-8-20-16/h1-4,6-8,15H,5,9-13H2,(H,19,20,21)/t15-,17+/m1/s1. The van der Waals surface area contributed by atoms with Crippen LogP contribution in [0.15, 0.2) is 42.9 Å². The molecule has 6 heteroatoms. The van der Waals surface area contributed by atoms with E-state index in [0.717, 1.165) is 44.8 Å². The number of hydrogen-bond donors (Lipinski definition) is 1. The zero-order valence-electron chi connectivity index (χ0n) is 13.1. The van der Waals surface area contributed by atoms with Gasteiger partial charge in [0, 0.05) is 44.6 Å². The molecule has 0 aliphatic carbocycles. The van der Waals surface area contributed by atoms with Crippen molar-refractivity contribution in [3.8, 4) is 0 Å². The van der Waals surface area contributed by atoms with Crippen LogP contribution in [0, 0.1) is 0 Å². The van der Waals surface area contributed by atoms with Crippen LogP contribution in [0.2, 0.25) is 0 Å². The van der Waals surface area contributed by atoms with Crippen LogP contribution in [-0.4, -0.2) is 51.2 Å². The van der Waals surface area contributed by atoms with Gasteiger partial charge in [0.05, 0.1) is 23.9 Å². The fourth-order valence-electron chi connectivity index (χ4n) is 3.56. The third kappa shape index (κ3) is 3.33. The van der Waals surface area contributed by atoms with Gasteiger partial charge in [-0.2, -0.15) is 0 Å². The Morgan fingerprint density at radius 2 is 2.04 bits per heavy atom. The van der Waals surface area contributed by atoms with Crippen LogP contribution in [0.4, 0.5) is 5.95 Å². The molecule has 120 valence electrons. The van der Waals surface area contributed by atoms with E-state index in [1.165, 1.54) is 0 Å². The number of pyridine rings is 1. The summed E-state index contributed by atoms with van der Waals surface area (Å²) in [6.45, 7) is 3.64. The summed E-state index contributed by atoms with van der Waals surface area (Å²) in [4.78, 5) is 15.3. The average molecular weight is 311 g/mol. The number of rotatable bonds is 4. The molecular formula is C17H21N5O. The molecule has 23 heavy (non-hydrogen) atoms. The van der Waals surface area contributed by atoms with E-state index in [0.29, 0.717) is 5.95 Å². The molecule has 2 atom stereocenters. The Morgan fingerprint density at radius 1 is 1.17 bits per heavy atom. The van der Waals surface area contributed by atoms with Gasteiger partial charge in [-0.3, -0.25) is 9.88 Å². The molecule has 2 aliphatic rings. The maximum atomic E-state index is 6.17. The first-order valence-electron chi connectivity index (χ1n) is 8.11. The Kier molecular flexibility index (Phi) is 3.93. The van der Waals surface area contributed by atoms with Gasteiger partial charge < -0.3 is 10.1 Å². The quantitative estimate of drug-likeness (QED) is 0.927. The lowest BCUT2D eigenvalue weighted by Crippen LogP contribution is -2.33. The number of nitrogens with one attached hydrogen (secondary N) is 1. The summed E-state index contributed by atoms with van der Waals surface area (Å²) in [5.74, 6) is 0.682. The molecule has 0 bridgehead atoms. The molecular weight excluding hydrogens is 290 g/mol. The van der Waals surface area contributed by atoms with Gasteiger partial charge in [0.2, 0.25) is 5.95 Å². The lowest BCUT2D eigenvalue weighted by atomic mass is 9.97. The Balaban J connectivity index is 1.34. The second-order valence-electron chi connectivity index (χ2n) is 6.39. The minimum absolute atomic E-state index is 0.0266. The van der Waals surface area contributed by atoms with Gasteiger partial charge in [-0.1, -0.05) is 6.07 Å². The number of aromatic nitrogens is 3. The average Bonchev–Trinajstić information content (AvgIpc) is 3.16. The summed E-state index contributed by atoms with van der Waals surface area (Å²) < 4.78 is 6.17. The zero-order valence-corrected chi connectivity index (χ0v) is 13.1. The van der Waals surface area contributed by atoms with Crippen molar-refractivity contribution < 1.29 is 4.74 Å². The van der Waals surface area contributed by atoms with Gasteiger partial charge >= 0.3 is 0 Å². The van der Waals surface area contributed by atoms with Crippen molar-refractivity contribution in [1.82, 2.24) is 19.9 Å². The molecule has 2 saturated heterocycles. The normalized spacial score (nSPS) is 27.6. The molecule has 0 saturated carbocycles. The maximum absolute atomic E-state index is 6.17.